The van der Waals surface area contributed by atoms with Gasteiger partial charge in [0.15, 0.2) is 0 Å². The van der Waals surface area contributed by atoms with E-state index in [0.717, 1.165) is 11.8 Å². The molecule has 402 valence electrons. The molecule has 70 heavy (non-hydrogen) atoms. The van der Waals surface area contributed by atoms with Crippen LogP contribution in [0.25, 0.3) is 0 Å². The normalized spacial score (nSPS) is 19.4. The summed E-state index contributed by atoms with van der Waals surface area (Å²) in [7, 11) is 0. The molecule has 8 rings (SSSR count). The quantitative estimate of drug-likeness (QED) is 0.147. The predicted octanol–water partition coefficient (Wildman–Crippen LogP) is 14.7. The monoisotopic (exact) mass is 1140 g/mol. The Hall–Kier alpha value is -1.60. The number of benzene rings is 2. The van der Waals surface area contributed by atoms with Gasteiger partial charge < -0.3 is 30.2 Å². The zero-order valence-corrected chi connectivity index (χ0v) is 52.3. The molecule has 2 aromatic rings. The summed E-state index contributed by atoms with van der Waals surface area (Å²) in [6.45, 7) is 47.3. The summed E-state index contributed by atoms with van der Waals surface area (Å²) in [6.07, 6.45) is 17.4. The van der Waals surface area contributed by atoms with Crippen LogP contribution in [0.5, 0.6) is 0 Å². The van der Waals surface area contributed by atoms with Crippen molar-refractivity contribution in [1.29, 1.82) is 0 Å². The first-order valence-electron chi connectivity index (χ1n) is 26.5. The van der Waals surface area contributed by atoms with E-state index in [1.54, 1.807) is 83.1 Å². The number of hydrogen-bond acceptors (Lipinski definition) is 8. The molecule has 0 saturated carbocycles. The van der Waals surface area contributed by atoms with Crippen molar-refractivity contribution in [2.45, 2.75) is 223 Å². The second-order valence-electron chi connectivity index (χ2n) is 24.5. The van der Waals surface area contributed by atoms with Gasteiger partial charge in [0.1, 0.15) is 0 Å². The van der Waals surface area contributed by atoms with E-state index in [0.29, 0.717) is 23.7 Å². The Labute approximate surface area is 447 Å². The fraction of sp³-hybridized carbons (Fsp3) is 0.700. The first-order valence-corrected chi connectivity index (χ1v) is 30.6. The Morgan fingerprint density at radius 3 is 0.757 bits per heavy atom. The summed E-state index contributed by atoms with van der Waals surface area (Å²) in [5, 5.41) is 34.1. The minimum atomic E-state index is -0.553. The Bertz CT molecular complexity index is 1630. The minimum absolute atomic E-state index is 0.498. The standard InChI is InChI=1S/2C12H17N.2C7H13N.C6H6.4C4H10O.2Mo/c2*1-8(2)10-6-5-7-11(9(3)4)12(10)13;2*1-4-8-5-2-7(1)3-6-8;1-3-5-6-4-2;4*1-4(2,3)5;;/h2*5-9H,1-4H3;2*7H,1-6H2;1-6H;4*5H,1-3H3;;/b;;;;5-3+,6-4+;;;;;;. The van der Waals surface area contributed by atoms with Gasteiger partial charge in [-0.1, -0.05) is 0 Å². The van der Waals surface area contributed by atoms with Crippen LogP contribution in [0.1, 0.15) is 223 Å². The Kier molecular flexibility index (Phi) is 34.0. The number of rotatable bonds is 9. The molecule has 0 aliphatic carbocycles. The van der Waals surface area contributed by atoms with Gasteiger partial charge in [-0.25, -0.2) is 0 Å². The number of fused-ring (bicyclic) bond motifs is 6. The van der Waals surface area contributed by atoms with E-state index < -0.39 is 58.2 Å². The summed E-state index contributed by atoms with van der Waals surface area (Å²) in [6, 6.07) is 13.3. The molecule has 0 amide bonds. The van der Waals surface area contributed by atoms with Gasteiger partial charge in [-0.3, -0.25) is 0 Å². The van der Waals surface area contributed by atoms with Crippen LogP contribution in [-0.4, -0.2) is 101 Å². The molecule has 8 nitrogen and oxygen atoms in total. The zero-order chi connectivity index (χ0) is 53.9. The molecule has 10 heteroatoms. The third kappa shape index (κ3) is 38.9. The number of nitrogens with zero attached hydrogens (tertiary/aromatic N) is 4. The fourth-order valence-corrected chi connectivity index (χ4v) is 10.1. The summed E-state index contributed by atoms with van der Waals surface area (Å²) in [5.74, 6) is 4.21. The number of aliphatic hydroxyl groups is 4. The molecular weight excluding hydrogens is 1030 g/mol. The maximum absolute atomic E-state index is 8.52. The number of piperidine rings is 6. The molecule has 0 radical (unpaired) electrons. The van der Waals surface area contributed by atoms with Crippen LogP contribution in [0.15, 0.2) is 67.7 Å². The molecule has 2 aromatic carbocycles. The molecule has 6 aliphatic rings. The van der Waals surface area contributed by atoms with E-state index in [-0.39, 0.29) is 0 Å². The van der Waals surface area contributed by atoms with Crippen LogP contribution in [0.3, 0.4) is 0 Å². The van der Waals surface area contributed by atoms with Crippen molar-refractivity contribution in [1.82, 2.24) is 9.80 Å². The summed E-state index contributed by atoms with van der Waals surface area (Å²) in [4.78, 5) is 5.17. The van der Waals surface area contributed by atoms with Crippen molar-refractivity contribution in [2.24, 2.45) is 18.8 Å². The zero-order valence-electron chi connectivity index (χ0n) is 48.3. The van der Waals surface area contributed by atoms with Crippen LogP contribution in [0.2, 0.25) is 0 Å². The summed E-state index contributed by atoms with van der Waals surface area (Å²) < 4.78 is 14.6. The molecule has 0 spiro atoms. The molecular formula is C60H106Mo2N4O4. The van der Waals surface area contributed by atoms with Gasteiger partial charge >= 0.3 is 225 Å². The second-order valence-corrected chi connectivity index (χ2v) is 27.7. The molecule has 6 aliphatic heterocycles. The average Bonchev–Trinajstić information content (AvgIpc) is 3.23. The van der Waals surface area contributed by atoms with Crippen LogP contribution in [-0.2, 0) is 35.8 Å². The third-order valence-electron chi connectivity index (χ3n) is 10.7. The van der Waals surface area contributed by atoms with Crippen molar-refractivity contribution in [3.63, 3.8) is 0 Å². The van der Waals surface area contributed by atoms with E-state index in [2.05, 4.69) is 135 Å². The van der Waals surface area contributed by atoms with Crippen molar-refractivity contribution in [3.05, 3.63) is 83.0 Å². The average molecular weight is 1140 g/mol. The fourth-order valence-electron chi connectivity index (χ4n) is 7.42. The molecule has 4 N–H and O–H groups in total. The Balaban J connectivity index is 0.00000104. The van der Waals surface area contributed by atoms with Crippen LogP contribution in [0.4, 0.5) is 11.4 Å². The van der Waals surface area contributed by atoms with E-state index in [9.17, 15) is 0 Å². The Morgan fingerprint density at radius 2 is 0.614 bits per heavy atom. The van der Waals surface area contributed by atoms with Crippen molar-refractivity contribution in [2.75, 3.05) is 39.3 Å². The van der Waals surface area contributed by atoms with E-state index >= 15 is 0 Å². The van der Waals surface area contributed by atoms with Crippen LogP contribution >= 0.6 is 0 Å². The van der Waals surface area contributed by atoms with Crippen molar-refractivity contribution in [3.8, 4) is 0 Å². The topological polar surface area (TPSA) is 112 Å². The van der Waals surface area contributed by atoms with Gasteiger partial charge in [0.2, 0.25) is 0 Å². The molecule has 0 unspecified atom stereocenters. The second kappa shape index (κ2) is 34.8. The molecule has 4 bridgehead atoms. The molecule has 6 fully saturated rings. The predicted molar refractivity (Wildman–Crippen MR) is 299 cm³/mol. The summed E-state index contributed by atoms with van der Waals surface area (Å²) >= 11 is -1.11. The molecule has 0 aromatic heterocycles. The maximum atomic E-state index is 8.52. The van der Waals surface area contributed by atoms with Crippen LogP contribution in [0, 0.1) is 11.8 Å². The van der Waals surface area contributed by atoms with Gasteiger partial charge in [-0.05, 0) is 173 Å². The van der Waals surface area contributed by atoms with E-state index in [1.165, 1.54) is 111 Å². The van der Waals surface area contributed by atoms with Crippen molar-refractivity contribution < 1.29 is 56.3 Å². The third-order valence-corrected chi connectivity index (χ3v) is 13.5. The van der Waals surface area contributed by atoms with E-state index in [1.807, 2.05) is 0 Å². The van der Waals surface area contributed by atoms with Gasteiger partial charge in [0.25, 0.3) is 0 Å². The molecule has 6 heterocycles. The molecule has 0 atom stereocenters. The first kappa shape index (κ1) is 68.4. The van der Waals surface area contributed by atoms with Crippen LogP contribution < -0.4 is 0 Å². The van der Waals surface area contributed by atoms with Gasteiger partial charge in [-0.15, -0.1) is 0 Å². The summed E-state index contributed by atoms with van der Waals surface area (Å²) in [5.41, 5.74) is 5.95. The first-order chi connectivity index (χ1) is 32.1. The Morgan fingerprint density at radius 1 is 0.414 bits per heavy atom. The van der Waals surface area contributed by atoms with E-state index in [4.69, 9.17) is 27.4 Å². The van der Waals surface area contributed by atoms with Gasteiger partial charge in [0.05, 0.1) is 22.4 Å². The SMILES string of the molecule is C1CN2CCC1CC2.C1CN2CCC1CC2.CC(C)(C)O.CC(C)(C)O.CC(C)(C)O.CC(C)(C)O.CC(C)c1cccc(C(C)C)c1[N]=[Mo]=[CH]/C=C/C=C/[CH]=[Mo]=[N]c1c(C(C)C)cccc1C(C)C. The number of hydrogen-bond donors (Lipinski definition) is 4. The van der Waals surface area contributed by atoms with Gasteiger partial charge in [0, 0.05) is 0 Å². The number of allylic oxidation sites excluding steroid dienone is 4. The molecule has 6 saturated heterocycles. The van der Waals surface area contributed by atoms with Crippen molar-refractivity contribution >= 4 is 20.2 Å². The van der Waals surface area contributed by atoms with Gasteiger partial charge in [-0.2, -0.15) is 0 Å².